The van der Waals surface area contributed by atoms with Gasteiger partial charge >= 0.3 is 0 Å². The quantitative estimate of drug-likeness (QED) is 0.732. The summed E-state index contributed by atoms with van der Waals surface area (Å²) >= 11 is 6.57. The molecule has 0 aliphatic carbocycles. The lowest BCUT2D eigenvalue weighted by atomic mass is 10.3. The summed E-state index contributed by atoms with van der Waals surface area (Å²) in [6.45, 7) is 3.68. The number of benzene rings is 1. The van der Waals surface area contributed by atoms with Gasteiger partial charge in [-0.2, -0.15) is 9.78 Å². The van der Waals surface area contributed by atoms with E-state index in [1.165, 1.54) is 16.0 Å². The summed E-state index contributed by atoms with van der Waals surface area (Å²) in [5.74, 6) is 0.0904. The lowest BCUT2D eigenvalue weighted by Gasteiger charge is -2.06. The van der Waals surface area contributed by atoms with Crippen LogP contribution in [-0.4, -0.2) is 20.3 Å². The van der Waals surface area contributed by atoms with Gasteiger partial charge in [0.25, 0.3) is 5.91 Å². The van der Waals surface area contributed by atoms with Crippen LogP contribution in [0.3, 0.4) is 0 Å². The molecule has 0 atom stereocenters. The molecule has 0 aliphatic heterocycles. The van der Waals surface area contributed by atoms with Crippen LogP contribution in [0.2, 0.25) is 0 Å². The van der Waals surface area contributed by atoms with E-state index >= 15 is 0 Å². The molecule has 0 saturated heterocycles. The molecule has 0 amide bonds. The SMILES string of the molecule is Cc1cc(C)n(C(=O)c2sc(=S)n(-c3ccccc3)c2N)n1. The van der Waals surface area contributed by atoms with E-state index in [4.69, 9.17) is 18.0 Å². The van der Waals surface area contributed by atoms with E-state index in [0.717, 1.165) is 17.1 Å². The van der Waals surface area contributed by atoms with Crippen molar-refractivity contribution in [3.63, 3.8) is 0 Å². The highest BCUT2D eigenvalue weighted by atomic mass is 32.1. The van der Waals surface area contributed by atoms with Crippen LogP contribution < -0.4 is 5.73 Å². The van der Waals surface area contributed by atoms with E-state index in [-0.39, 0.29) is 5.91 Å². The molecule has 3 aromatic rings. The number of para-hydroxylation sites is 1. The highest BCUT2D eigenvalue weighted by molar-refractivity contribution is 7.73. The van der Waals surface area contributed by atoms with Gasteiger partial charge in [0.05, 0.1) is 5.69 Å². The Balaban J connectivity index is 2.13. The van der Waals surface area contributed by atoms with Crippen molar-refractivity contribution in [3.05, 3.63) is 56.6 Å². The van der Waals surface area contributed by atoms with Gasteiger partial charge in [-0.1, -0.05) is 29.5 Å². The number of anilines is 1. The van der Waals surface area contributed by atoms with Gasteiger partial charge in [0, 0.05) is 11.4 Å². The minimum atomic E-state index is -0.256. The van der Waals surface area contributed by atoms with Gasteiger partial charge < -0.3 is 5.73 Å². The summed E-state index contributed by atoms with van der Waals surface area (Å²) in [6.07, 6.45) is 0. The number of aromatic nitrogens is 3. The molecule has 0 aliphatic rings. The third kappa shape index (κ3) is 2.38. The molecule has 0 unspecified atom stereocenters. The molecule has 0 fully saturated rings. The molecule has 0 spiro atoms. The molecular formula is C15H14N4OS2. The number of thiazole rings is 1. The Kier molecular flexibility index (Phi) is 3.67. The second kappa shape index (κ2) is 5.51. The topological polar surface area (TPSA) is 65.8 Å². The van der Waals surface area contributed by atoms with Crippen LogP contribution in [-0.2, 0) is 0 Å². The van der Waals surface area contributed by atoms with E-state index in [1.807, 2.05) is 50.2 Å². The monoisotopic (exact) mass is 330 g/mol. The molecule has 0 saturated carbocycles. The normalized spacial score (nSPS) is 10.8. The van der Waals surface area contributed by atoms with Crippen molar-refractivity contribution in [2.24, 2.45) is 0 Å². The number of aryl methyl sites for hydroxylation is 2. The number of hydrogen-bond acceptors (Lipinski definition) is 5. The largest absolute Gasteiger partial charge is 0.383 e. The van der Waals surface area contributed by atoms with Gasteiger partial charge in [-0.15, -0.1) is 0 Å². The molecule has 2 heterocycles. The molecule has 0 bridgehead atoms. The Morgan fingerprint density at radius 2 is 1.95 bits per heavy atom. The second-order valence-electron chi connectivity index (χ2n) is 4.90. The molecule has 1 aromatic carbocycles. The standard InChI is InChI=1S/C15H14N4OS2/c1-9-8-10(2)19(17-9)14(20)12-13(16)18(15(21)22-12)11-6-4-3-5-7-11/h3-8H,16H2,1-2H3. The van der Waals surface area contributed by atoms with E-state index in [1.54, 1.807) is 4.57 Å². The number of carbonyl (C=O) groups is 1. The summed E-state index contributed by atoms with van der Waals surface area (Å²) in [5.41, 5.74) is 8.58. The third-order valence-electron chi connectivity index (χ3n) is 3.26. The van der Waals surface area contributed by atoms with Crippen molar-refractivity contribution >= 4 is 35.3 Å². The van der Waals surface area contributed by atoms with Crippen LogP contribution in [0.25, 0.3) is 5.69 Å². The first kappa shape index (κ1) is 14.7. The summed E-state index contributed by atoms with van der Waals surface area (Å²) in [4.78, 5) is 13.1. The number of hydrogen-bond donors (Lipinski definition) is 1. The number of rotatable bonds is 2. The Morgan fingerprint density at radius 1 is 1.27 bits per heavy atom. The lowest BCUT2D eigenvalue weighted by Crippen LogP contribution is -2.16. The maximum Gasteiger partial charge on any atom is 0.292 e. The predicted octanol–water partition coefficient (Wildman–Crippen LogP) is 3.35. The smallest absolute Gasteiger partial charge is 0.292 e. The Labute approximate surface area is 136 Å². The van der Waals surface area contributed by atoms with Gasteiger partial charge in [-0.3, -0.25) is 9.36 Å². The summed E-state index contributed by atoms with van der Waals surface area (Å²) < 4.78 is 3.61. The van der Waals surface area contributed by atoms with Crippen molar-refractivity contribution < 1.29 is 4.79 Å². The summed E-state index contributed by atoms with van der Waals surface area (Å²) in [7, 11) is 0. The molecule has 2 aromatic heterocycles. The molecule has 22 heavy (non-hydrogen) atoms. The zero-order chi connectivity index (χ0) is 15.9. The summed E-state index contributed by atoms with van der Waals surface area (Å²) in [5, 5.41) is 4.21. The van der Waals surface area contributed by atoms with Crippen molar-refractivity contribution in [1.82, 2.24) is 14.3 Å². The number of nitrogens with two attached hydrogens (primary N) is 1. The molecule has 0 radical (unpaired) electrons. The molecule has 112 valence electrons. The zero-order valence-electron chi connectivity index (χ0n) is 12.1. The van der Waals surface area contributed by atoms with Crippen molar-refractivity contribution in [3.8, 4) is 5.69 Å². The third-order valence-corrected chi connectivity index (χ3v) is 4.63. The fourth-order valence-electron chi connectivity index (χ4n) is 2.29. The average Bonchev–Trinajstić information content (AvgIpc) is 2.98. The molecule has 7 heteroatoms. The molecule has 2 N–H and O–H groups in total. The number of nitrogen functional groups attached to an aromatic ring is 1. The first-order valence-electron chi connectivity index (χ1n) is 6.63. The summed E-state index contributed by atoms with van der Waals surface area (Å²) in [6, 6.07) is 11.4. The number of carbonyl (C=O) groups excluding carboxylic acids is 1. The van der Waals surface area contributed by atoms with Crippen LogP contribution in [0.1, 0.15) is 21.1 Å². The van der Waals surface area contributed by atoms with Gasteiger partial charge in [-0.05, 0) is 44.3 Å². The van der Waals surface area contributed by atoms with Crippen LogP contribution in [0.5, 0.6) is 0 Å². The second-order valence-corrected chi connectivity index (χ2v) is 6.54. The van der Waals surface area contributed by atoms with E-state index in [0.29, 0.717) is 14.6 Å². The van der Waals surface area contributed by atoms with Crippen LogP contribution in [0.4, 0.5) is 5.82 Å². The van der Waals surface area contributed by atoms with Gasteiger partial charge in [0.15, 0.2) is 3.95 Å². The van der Waals surface area contributed by atoms with Gasteiger partial charge in [0.2, 0.25) is 0 Å². The molecule has 3 rings (SSSR count). The van der Waals surface area contributed by atoms with Crippen molar-refractivity contribution in [2.75, 3.05) is 5.73 Å². The Bertz CT molecular complexity index is 906. The minimum absolute atomic E-state index is 0.256. The zero-order valence-corrected chi connectivity index (χ0v) is 13.7. The molecular weight excluding hydrogens is 316 g/mol. The predicted molar refractivity (Wildman–Crippen MR) is 90.3 cm³/mol. The maximum atomic E-state index is 12.7. The van der Waals surface area contributed by atoms with E-state index in [9.17, 15) is 4.79 Å². The van der Waals surface area contributed by atoms with Gasteiger partial charge in [-0.25, -0.2) is 0 Å². The lowest BCUT2D eigenvalue weighted by molar-refractivity contribution is 0.0947. The van der Waals surface area contributed by atoms with Crippen LogP contribution in [0, 0.1) is 17.8 Å². The Morgan fingerprint density at radius 3 is 2.55 bits per heavy atom. The van der Waals surface area contributed by atoms with Crippen LogP contribution in [0.15, 0.2) is 36.4 Å². The first-order valence-corrected chi connectivity index (χ1v) is 7.86. The number of nitrogens with zero attached hydrogens (tertiary/aromatic N) is 3. The van der Waals surface area contributed by atoms with Crippen molar-refractivity contribution in [1.29, 1.82) is 0 Å². The van der Waals surface area contributed by atoms with Crippen LogP contribution >= 0.6 is 23.6 Å². The Hall–Kier alpha value is -2.25. The van der Waals surface area contributed by atoms with E-state index in [2.05, 4.69) is 5.10 Å². The fourth-order valence-corrected chi connectivity index (χ4v) is 3.58. The fraction of sp³-hybridized carbons (Fsp3) is 0.133. The first-order chi connectivity index (χ1) is 10.5. The highest BCUT2D eigenvalue weighted by Gasteiger charge is 2.21. The molecule has 5 nitrogen and oxygen atoms in total. The maximum absolute atomic E-state index is 12.7. The van der Waals surface area contributed by atoms with E-state index < -0.39 is 0 Å². The minimum Gasteiger partial charge on any atom is -0.383 e. The van der Waals surface area contributed by atoms with Crippen molar-refractivity contribution in [2.45, 2.75) is 13.8 Å². The average molecular weight is 330 g/mol. The highest BCUT2D eigenvalue weighted by Crippen LogP contribution is 2.27. The van der Waals surface area contributed by atoms with Gasteiger partial charge in [0.1, 0.15) is 10.7 Å².